The number of hydrogen-bond acceptors (Lipinski definition) is 1. The van der Waals surface area contributed by atoms with Crippen molar-refractivity contribution < 1.29 is 0 Å². The number of aromatic nitrogens is 2. The van der Waals surface area contributed by atoms with Crippen LogP contribution in [0.2, 0.25) is 10.0 Å². The molecule has 0 aliphatic rings. The van der Waals surface area contributed by atoms with Crippen molar-refractivity contribution >= 4 is 56.0 Å². The average Bonchev–Trinajstić information content (AvgIpc) is 2.78. The highest BCUT2D eigenvalue weighted by atomic mass is 35.5. The highest BCUT2D eigenvalue weighted by Crippen LogP contribution is 2.34. The topological polar surface area (TPSA) is 28.7 Å². The minimum absolute atomic E-state index is 0.662. The molecule has 2 aromatic carbocycles. The first kappa shape index (κ1) is 11.1. The Balaban J connectivity index is 2.30. The van der Waals surface area contributed by atoms with Gasteiger partial charge < -0.3 is 4.98 Å². The van der Waals surface area contributed by atoms with E-state index in [0.29, 0.717) is 10.0 Å². The number of pyridine rings is 1. The van der Waals surface area contributed by atoms with Gasteiger partial charge in [-0.2, -0.15) is 0 Å². The summed E-state index contributed by atoms with van der Waals surface area (Å²) in [6, 6.07) is 13.6. The molecule has 92 valence electrons. The van der Waals surface area contributed by atoms with E-state index in [1.54, 1.807) is 0 Å². The number of benzene rings is 2. The maximum atomic E-state index is 6.48. The standard InChI is InChI=1S/C15H8Cl2N2/c16-8-5-6-9-12(7-8)19-14-10-3-1-2-4-11(10)18-15(14)13(9)17/h1-7,18H. The van der Waals surface area contributed by atoms with E-state index in [-0.39, 0.29) is 0 Å². The number of fused-ring (bicyclic) bond motifs is 4. The van der Waals surface area contributed by atoms with Gasteiger partial charge in [0, 0.05) is 21.3 Å². The van der Waals surface area contributed by atoms with Crippen LogP contribution < -0.4 is 0 Å². The van der Waals surface area contributed by atoms with Crippen LogP contribution in [0.4, 0.5) is 0 Å². The molecule has 0 spiro atoms. The SMILES string of the molecule is Clc1ccc2c(Cl)c3[nH]c4ccccc4c3nc2c1. The summed E-state index contributed by atoms with van der Waals surface area (Å²) >= 11 is 12.5. The number of hydrogen-bond donors (Lipinski definition) is 1. The minimum atomic E-state index is 0.662. The summed E-state index contributed by atoms with van der Waals surface area (Å²) in [5.74, 6) is 0. The molecule has 0 unspecified atom stereocenters. The van der Waals surface area contributed by atoms with Crippen LogP contribution in [0.5, 0.6) is 0 Å². The number of nitrogens with one attached hydrogen (secondary N) is 1. The summed E-state index contributed by atoms with van der Waals surface area (Å²) < 4.78 is 0. The van der Waals surface area contributed by atoms with E-state index in [1.807, 2.05) is 42.5 Å². The monoisotopic (exact) mass is 286 g/mol. The summed E-state index contributed by atoms with van der Waals surface area (Å²) in [4.78, 5) is 8.01. The molecule has 0 saturated heterocycles. The third-order valence-electron chi connectivity index (χ3n) is 3.33. The normalized spacial score (nSPS) is 11.7. The number of rotatable bonds is 0. The lowest BCUT2D eigenvalue weighted by atomic mass is 10.2. The number of halogens is 2. The van der Waals surface area contributed by atoms with E-state index >= 15 is 0 Å². The van der Waals surface area contributed by atoms with Crippen molar-refractivity contribution in [1.29, 1.82) is 0 Å². The number of aromatic amines is 1. The van der Waals surface area contributed by atoms with Crippen LogP contribution in [0.25, 0.3) is 32.8 Å². The molecule has 4 aromatic rings. The van der Waals surface area contributed by atoms with Crippen LogP contribution in [-0.4, -0.2) is 9.97 Å². The largest absolute Gasteiger partial charge is 0.352 e. The van der Waals surface area contributed by atoms with Crippen molar-refractivity contribution in [3.8, 4) is 0 Å². The van der Waals surface area contributed by atoms with Crippen LogP contribution in [0.3, 0.4) is 0 Å². The van der Waals surface area contributed by atoms with Crippen molar-refractivity contribution in [2.24, 2.45) is 0 Å². The summed E-state index contributed by atoms with van der Waals surface area (Å²) in [5, 5.41) is 3.33. The van der Waals surface area contributed by atoms with Crippen molar-refractivity contribution in [3.63, 3.8) is 0 Å². The molecule has 0 amide bonds. The second-order valence-corrected chi connectivity index (χ2v) is 5.30. The van der Waals surface area contributed by atoms with E-state index in [4.69, 9.17) is 23.2 Å². The van der Waals surface area contributed by atoms with Crippen LogP contribution in [-0.2, 0) is 0 Å². The zero-order chi connectivity index (χ0) is 13.0. The molecular formula is C15H8Cl2N2. The van der Waals surface area contributed by atoms with Crippen molar-refractivity contribution in [1.82, 2.24) is 9.97 Å². The van der Waals surface area contributed by atoms with Crippen LogP contribution >= 0.6 is 23.2 Å². The number of H-pyrrole nitrogens is 1. The van der Waals surface area contributed by atoms with Gasteiger partial charge in [-0.25, -0.2) is 4.98 Å². The van der Waals surface area contributed by atoms with Crippen LogP contribution in [0, 0.1) is 0 Å². The van der Waals surface area contributed by atoms with Gasteiger partial charge in [0.05, 0.1) is 21.6 Å². The fourth-order valence-electron chi connectivity index (χ4n) is 2.44. The van der Waals surface area contributed by atoms with Gasteiger partial charge in [0.1, 0.15) is 0 Å². The molecule has 0 saturated carbocycles. The molecule has 4 heteroatoms. The molecule has 0 aliphatic carbocycles. The van der Waals surface area contributed by atoms with Gasteiger partial charge in [-0.15, -0.1) is 0 Å². The van der Waals surface area contributed by atoms with E-state index in [9.17, 15) is 0 Å². The maximum Gasteiger partial charge on any atom is 0.0980 e. The third-order valence-corrected chi connectivity index (χ3v) is 3.95. The van der Waals surface area contributed by atoms with Gasteiger partial charge in [-0.05, 0) is 24.3 Å². The highest BCUT2D eigenvalue weighted by molar-refractivity contribution is 6.41. The van der Waals surface area contributed by atoms with E-state index < -0.39 is 0 Å². The number of para-hydroxylation sites is 1. The Morgan fingerprint density at radius 3 is 2.68 bits per heavy atom. The number of nitrogens with zero attached hydrogens (tertiary/aromatic N) is 1. The van der Waals surface area contributed by atoms with Crippen LogP contribution in [0.1, 0.15) is 0 Å². The van der Waals surface area contributed by atoms with Gasteiger partial charge in [-0.1, -0.05) is 41.4 Å². The zero-order valence-electron chi connectivity index (χ0n) is 9.74. The first-order chi connectivity index (χ1) is 9.24. The fourth-order valence-corrected chi connectivity index (χ4v) is 2.90. The molecule has 19 heavy (non-hydrogen) atoms. The van der Waals surface area contributed by atoms with Crippen molar-refractivity contribution in [2.75, 3.05) is 0 Å². The Morgan fingerprint density at radius 1 is 0.947 bits per heavy atom. The summed E-state index contributed by atoms with van der Waals surface area (Å²) in [6.07, 6.45) is 0. The molecule has 2 aromatic heterocycles. The smallest absolute Gasteiger partial charge is 0.0980 e. The van der Waals surface area contributed by atoms with Gasteiger partial charge in [0.25, 0.3) is 0 Å². The predicted octanol–water partition coefficient (Wildman–Crippen LogP) is 5.18. The predicted molar refractivity (Wildman–Crippen MR) is 81.1 cm³/mol. The van der Waals surface area contributed by atoms with Crippen molar-refractivity contribution in [2.45, 2.75) is 0 Å². The van der Waals surface area contributed by atoms with E-state index in [1.165, 1.54) is 0 Å². The Bertz CT molecular complexity index is 941. The molecule has 0 atom stereocenters. The van der Waals surface area contributed by atoms with Gasteiger partial charge in [-0.3, -0.25) is 0 Å². The summed E-state index contributed by atoms with van der Waals surface area (Å²) in [5.41, 5.74) is 3.61. The first-order valence-corrected chi connectivity index (χ1v) is 6.65. The summed E-state index contributed by atoms with van der Waals surface area (Å²) in [6.45, 7) is 0. The zero-order valence-corrected chi connectivity index (χ0v) is 11.3. The molecule has 0 radical (unpaired) electrons. The molecule has 4 rings (SSSR count). The molecule has 1 N–H and O–H groups in total. The lowest BCUT2D eigenvalue weighted by molar-refractivity contribution is 1.49. The van der Waals surface area contributed by atoms with Crippen LogP contribution in [0.15, 0.2) is 42.5 Å². The van der Waals surface area contributed by atoms with Gasteiger partial charge >= 0.3 is 0 Å². The second kappa shape index (κ2) is 3.86. The average molecular weight is 287 g/mol. The van der Waals surface area contributed by atoms with E-state index in [2.05, 4.69) is 9.97 Å². The molecule has 2 nitrogen and oxygen atoms in total. The Labute approximate surface area is 119 Å². The third kappa shape index (κ3) is 1.54. The molecule has 0 aliphatic heterocycles. The Kier molecular flexibility index (Phi) is 2.25. The lowest BCUT2D eigenvalue weighted by Gasteiger charge is -2.02. The molecule has 0 fully saturated rings. The Hall–Kier alpha value is -1.77. The fraction of sp³-hybridized carbons (Fsp3) is 0. The van der Waals surface area contributed by atoms with E-state index in [0.717, 1.165) is 32.8 Å². The van der Waals surface area contributed by atoms with Crippen molar-refractivity contribution in [3.05, 3.63) is 52.5 Å². The maximum absolute atomic E-state index is 6.48. The quantitative estimate of drug-likeness (QED) is 0.474. The second-order valence-electron chi connectivity index (χ2n) is 4.48. The van der Waals surface area contributed by atoms with Gasteiger partial charge in [0.2, 0.25) is 0 Å². The highest BCUT2D eigenvalue weighted by Gasteiger charge is 2.12. The first-order valence-electron chi connectivity index (χ1n) is 5.89. The lowest BCUT2D eigenvalue weighted by Crippen LogP contribution is -1.83. The summed E-state index contributed by atoms with van der Waals surface area (Å²) in [7, 11) is 0. The molecular weight excluding hydrogens is 279 g/mol. The molecule has 2 heterocycles. The Morgan fingerprint density at radius 2 is 1.79 bits per heavy atom. The molecule has 0 bridgehead atoms. The van der Waals surface area contributed by atoms with Gasteiger partial charge in [0.15, 0.2) is 0 Å². The minimum Gasteiger partial charge on any atom is -0.352 e.